The Morgan fingerprint density at radius 3 is 2.48 bits per heavy atom. The van der Waals surface area contributed by atoms with Crippen molar-refractivity contribution in [2.45, 2.75) is 31.8 Å². The number of rotatable bonds is 4. The van der Waals surface area contributed by atoms with Gasteiger partial charge in [0.1, 0.15) is 11.8 Å². The Morgan fingerprint density at radius 1 is 1.11 bits per heavy atom. The van der Waals surface area contributed by atoms with Crippen LogP contribution in [0.25, 0.3) is 0 Å². The van der Waals surface area contributed by atoms with Gasteiger partial charge in [-0.15, -0.1) is 13.2 Å². The van der Waals surface area contributed by atoms with Crippen molar-refractivity contribution in [2.24, 2.45) is 0 Å². The van der Waals surface area contributed by atoms with Crippen molar-refractivity contribution in [3.8, 4) is 5.75 Å². The van der Waals surface area contributed by atoms with E-state index < -0.39 is 30.0 Å². The number of carboxylic acid groups (broad SMARTS) is 1. The zero-order valence-corrected chi connectivity index (χ0v) is 14.1. The van der Waals surface area contributed by atoms with Gasteiger partial charge >= 0.3 is 12.3 Å². The van der Waals surface area contributed by atoms with E-state index in [0.29, 0.717) is 5.56 Å². The van der Waals surface area contributed by atoms with E-state index in [1.807, 2.05) is 12.1 Å². The van der Waals surface area contributed by atoms with E-state index in [0.717, 1.165) is 23.3 Å². The molecule has 5 nitrogen and oxygen atoms in total. The summed E-state index contributed by atoms with van der Waals surface area (Å²) in [5.41, 5.74) is 2.04. The number of alkyl halides is 3. The Labute approximate surface area is 153 Å². The highest BCUT2D eigenvalue weighted by molar-refractivity contribution is 5.86. The maximum atomic E-state index is 12.7. The van der Waals surface area contributed by atoms with Crippen LogP contribution in [0.3, 0.4) is 0 Å². The first kappa shape index (κ1) is 18.8. The third-order valence-corrected chi connectivity index (χ3v) is 4.34. The molecule has 1 amide bonds. The van der Waals surface area contributed by atoms with Crippen LogP contribution >= 0.6 is 0 Å². The summed E-state index contributed by atoms with van der Waals surface area (Å²) in [6.45, 7) is 0.144. The summed E-state index contributed by atoms with van der Waals surface area (Å²) in [6, 6.07) is 11.4. The third kappa shape index (κ3) is 4.58. The van der Waals surface area contributed by atoms with Crippen molar-refractivity contribution in [1.82, 2.24) is 4.90 Å². The first-order chi connectivity index (χ1) is 12.7. The van der Waals surface area contributed by atoms with Crippen LogP contribution in [0.2, 0.25) is 0 Å². The molecule has 0 aliphatic carbocycles. The van der Waals surface area contributed by atoms with E-state index in [9.17, 15) is 27.9 Å². The number of benzene rings is 2. The molecule has 27 heavy (non-hydrogen) atoms. The van der Waals surface area contributed by atoms with E-state index in [2.05, 4.69) is 4.74 Å². The number of nitrogens with zero attached hydrogens (tertiary/aromatic N) is 1. The van der Waals surface area contributed by atoms with Gasteiger partial charge in [-0.2, -0.15) is 0 Å². The Balaban J connectivity index is 1.79. The molecule has 0 radical (unpaired) electrons. The Bertz CT molecular complexity index is 866. The Kier molecular flexibility index (Phi) is 5.07. The molecule has 0 saturated heterocycles. The van der Waals surface area contributed by atoms with Gasteiger partial charge in [0.15, 0.2) is 0 Å². The molecule has 8 heteroatoms. The number of carbonyl (C=O) groups excluding carboxylic acids is 1. The molecule has 0 aromatic heterocycles. The number of aliphatic carboxylic acids is 1. The molecule has 2 aromatic carbocycles. The fraction of sp³-hybridized carbons (Fsp3) is 0.263. The topological polar surface area (TPSA) is 66.8 Å². The predicted molar refractivity (Wildman–Crippen MR) is 88.9 cm³/mol. The van der Waals surface area contributed by atoms with E-state index in [4.69, 9.17) is 0 Å². The molecule has 1 aliphatic heterocycles. The summed E-state index contributed by atoms with van der Waals surface area (Å²) < 4.78 is 40.9. The lowest BCUT2D eigenvalue weighted by Gasteiger charge is -2.34. The predicted octanol–water partition coefficient (Wildman–Crippen LogP) is 3.17. The van der Waals surface area contributed by atoms with Gasteiger partial charge < -0.3 is 14.7 Å². The molecule has 1 N–H and O–H groups in total. The van der Waals surface area contributed by atoms with Crippen LogP contribution in [0.15, 0.2) is 48.5 Å². The summed E-state index contributed by atoms with van der Waals surface area (Å²) in [6.07, 6.45) is -4.86. The average molecular weight is 379 g/mol. The second-order valence-electron chi connectivity index (χ2n) is 6.22. The van der Waals surface area contributed by atoms with Crippen molar-refractivity contribution in [2.75, 3.05) is 0 Å². The minimum Gasteiger partial charge on any atom is -0.480 e. The normalized spacial score (nSPS) is 16.6. The Morgan fingerprint density at radius 2 is 1.81 bits per heavy atom. The molecule has 142 valence electrons. The van der Waals surface area contributed by atoms with Gasteiger partial charge in [0, 0.05) is 13.0 Å². The summed E-state index contributed by atoms with van der Waals surface area (Å²) in [7, 11) is 0. The van der Waals surface area contributed by atoms with Gasteiger partial charge in [0.2, 0.25) is 5.91 Å². The lowest BCUT2D eigenvalue weighted by atomic mass is 9.93. The lowest BCUT2D eigenvalue weighted by molar-refractivity contribution is -0.274. The third-order valence-electron chi connectivity index (χ3n) is 4.34. The summed E-state index contributed by atoms with van der Waals surface area (Å²) >= 11 is 0. The van der Waals surface area contributed by atoms with Crippen molar-refractivity contribution in [1.29, 1.82) is 0 Å². The molecule has 1 aliphatic rings. The largest absolute Gasteiger partial charge is 0.573 e. The van der Waals surface area contributed by atoms with Crippen LogP contribution in [0.1, 0.15) is 16.7 Å². The maximum absolute atomic E-state index is 12.7. The van der Waals surface area contributed by atoms with Gasteiger partial charge in [-0.1, -0.05) is 36.4 Å². The molecule has 1 atom stereocenters. The lowest BCUT2D eigenvalue weighted by Crippen LogP contribution is -2.49. The van der Waals surface area contributed by atoms with Gasteiger partial charge in [0.25, 0.3) is 0 Å². The fourth-order valence-electron chi connectivity index (χ4n) is 3.13. The highest BCUT2D eigenvalue weighted by atomic mass is 19.4. The summed E-state index contributed by atoms with van der Waals surface area (Å²) in [4.78, 5) is 25.5. The van der Waals surface area contributed by atoms with Crippen molar-refractivity contribution in [3.63, 3.8) is 0 Å². The molecule has 0 bridgehead atoms. The minimum absolute atomic E-state index is 0.144. The fourth-order valence-corrected chi connectivity index (χ4v) is 3.13. The van der Waals surface area contributed by atoms with E-state index in [1.54, 1.807) is 12.1 Å². The molecule has 0 spiro atoms. The van der Waals surface area contributed by atoms with Crippen LogP contribution in [-0.2, 0) is 29.0 Å². The molecular formula is C19H16F3NO4. The molecule has 2 aromatic rings. The standard InChI is InChI=1S/C19H16F3NO4/c20-19(21,22)27-15-7-3-4-12(8-15)9-17(24)23-11-14-6-2-1-5-13(14)10-16(23)18(25)26/h1-8,16H,9-11H2,(H,25,26). The number of halogens is 3. The quantitative estimate of drug-likeness (QED) is 0.886. The van der Waals surface area contributed by atoms with Crippen LogP contribution in [-0.4, -0.2) is 34.3 Å². The second kappa shape index (κ2) is 7.30. The highest BCUT2D eigenvalue weighted by Crippen LogP contribution is 2.26. The van der Waals surface area contributed by atoms with Gasteiger partial charge in [-0.25, -0.2) is 4.79 Å². The van der Waals surface area contributed by atoms with Crippen molar-refractivity contribution >= 4 is 11.9 Å². The first-order valence-electron chi connectivity index (χ1n) is 8.16. The molecular weight excluding hydrogens is 363 g/mol. The van der Waals surface area contributed by atoms with Gasteiger partial charge in [0.05, 0.1) is 6.42 Å². The van der Waals surface area contributed by atoms with E-state index in [1.165, 1.54) is 17.0 Å². The second-order valence-corrected chi connectivity index (χ2v) is 6.22. The van der Waals surface area contributed by atoms with Crippen molar-refractivity contribution in [3.05, 3.63) is 65.2 Å². The number of hydrogen-bond acceptors (Lipinski definition) is 3. The zero-order chi connectivity index (χ0) is 19.6. The highest BCUT2D eigenvalue weighted by Gasteiger charge is 2.34. The number of amides is 1. The average Bonchev–Trinajstić information content (AvgIpc) is 2.59. The monoisotopic (exact) mass is 379 g/mol. The van der Waals surface area contributed by atoms with Crippen LogP contribution < -0.4 is 4.74 Å². The van der Waals surface area contributed by atoms with Gasteiger partial charge in [-0.3, -0.25) is 4.79 Å². The Hall–Kier alpha value is -3.03. The summed E-state index contributed by atoms with van der Waals surface area (Å²) in [5, 5.41) is 9.48. The molecule has 0 fully saturated rings. The number of ether oxygens (including phenoxy) is 1. The molecule has 1 heterocycles. The zero-order valence-electron chi connectivity index (χ0n) is 14.1. The SMILES string of the molecule is O=C(O)C1Cc2ccccc2CN1C(=O)Cc1cccc(OC(F)(F)F)c1. The molecule has 3 rings (SSSR count). The smallest absolute Gasteiger partial charge is 0.480 e. The van der Waals surface area contributed by atoms with Crippen LogP contribution in [0, 0.1) is 0 Å². The van der Waals surface area contributed by atoms with E-state index in [-0.39, 0.29) is 19.4 Å². The number of hydrogen-bond donors (Lipinski definition) is 1. The maximum Gasteiger partial charge on any atom is 0.573 e. The van der Waals surface area contributed by atoms with Gasteiger partial charge in [-0.05, 0) is 28.8 Å². The number of carbonyl (C=O) groups is 2. The van der Waals surface area contributed by atoms with E-state index >= 15 is 0 Å². The minimum atomic E-state index is -4.83. The van der Waals surface area contributed by atoms with Crippen LogP contribution in [0.5, 0.6) is 5.75 Å². The molecule has 1 unspecified atom stereocenters. The van der Waals surface area contributed by atoms with Crippen molar-refractivity contribution < 1.29 is 32.6 Å². The summed E-state index contributed by atoms with van der Waals surface area (Å²) in [5.74, 6) is -2.01. The number of fused-ring (bicyclic) bond motifs is 1. The molecule has 0 saturated carbocycles. The first-order valence-corrected chi connectivity index (χ1v) is 8.16. The number of carboxylic acids is 1. The van der Waals surface area contributed by atoms with Crippen LogP contribution in [0.4, 0.5) is 13.2 Å².